The molecular weight excluding hydrogens is 448 g/mol. The molecule has 0 unspecified atom stereocenters. The molecule has 2 heterocycles. The fourth-order valence-electron chi connectivity index (χ4n) is 5.50. The van der Waals surface area contributed by atoms with E-state index in [4.69, 9.17) is 4.74 Å². The largest absolute Gasteiger partial charge is 0.494 e. The van der Waals surface area contributed by atoms with Crippen LogP contribution in [0.25, 0.3) is 10.9 Å². The lowest BCUT2D eigenvalue weighted by atomic mass is 9.81. The molecule has 0 bridgehead atoms. The molecule has 3 fully saturated rings. The Kier molecular flexibility index (Phi) is 6.67. The van der Waals surface area contributed by atoms with Gasteiger partial charge >= 0.3 is 5.69 Å². The lowest BCUT2D eigenvalue weighted by Gasteiger charge is -2.38. The number of nitrogens with zero attached hydrogens (tertiary/aromatic N) is 3. The Labute approximate surface area is 204 Å². The van der Waals surface area contributed by atoms with Gasteiger partial charge in [0, 0.05) is 44.6 Å². The van der Waals surface area contributed by atoms with Crippen molar-refractivity contribution in [1.82, 2.24) is 19.4 Å². The summed E-state index contributed by atoms with van der Waals surface area (Å²) in [5.41, 5.74) is -0.196. The summed E-state index contributed by atoms with van der Waals surface area (Å²) in [7, 11) is 0. The van der Waals surface area contributed by atoms with E-state index in [0.29, 0.717) is 56.0 Å². The number of amides is 2. The molecule has 5 rings (SSSR count). The van der Waals surface area contributed by atoms with E-state index in [0.717, 1.165) is 38.5 Å². The van der Waals surface area contributed by atoms with Crippen LogP contribution in [0.15, 0.2) is 27.8 Å². The van der Waals surface area contributed by atoms with Gasteiger partial charge in [-0.05, 0) is 69.6 Å². The number of aromatic nitrogens is 2. The van der Waals surface area contributed by atoms with Gasteiger partial charge in [0.2, 0.25) is 11.8 Å². The number of rotatable bonds is 6. The quantitative estimate of drug-likeness (QED) is 0.678. The topological polar surface area (TPSA) is 105 Å². The van der Waals surface area contributed by atoms with Gasteiger partial charge in [0.1, 0.15) is 5.75 Å². The summed E-state index contributed by atoms with van der Waals surface area (Å²) >= 11 is 0. The monoisotopic (exact) mass is 482 g/mol. The molecule has 2 amide bonds. The van der Waals surface area contributed by atoms with Crippen molar-refractivity contribution in [3.63, 3.8) is 0 Å². The number of ether oxygens (including phenoxy) is 1. The van der Waals surface area contributed by atoms with Crippen molar-refractivity contribution in [1.29, 1.82) is 0 Å². The van der Waals surface area contributed by atoms with Crippen molar-refractivity contribution >= 4 is 22.7 Å². The van der Waals surface area contributed by atoms with Crippen LogP contribution < -0.4 is 16.0 Å². The third kappa shape index (κ3) is 4.99. The summed E-state index contributed by atoms with van der Waals surface area (Å²) in [6.07, 6.45) is 5.15. The third-order valence-electron chi connectivity index (χ3n) is 7.73. The van der Waals surface area contributed by atoms with Crippen molar-refractivity contribution < 1.29 is 14.3 Å². The molecule has 9 heteroatoms. The fraction of sp³-hybridized carbons (Fsp3) is 0.615. The van der Waals surface area contributed by atoms with Gasteiger partial charge in [-0.25, -0.2) is 4.79 Å². The number of benzene rings is 1. The van der Waals surface area contributed by atoms with E-state index in [1.807, 2.05) is 16.7 Å². The number of carbonyl (C=O) groups excluding carboxylic acids is 2. The predicted molar refractivity (Wildman–Crippen MR) is 131 cm³/mol. The number of hydrogen-bond acceptors (Lipinski definition) is 5. The van der Waals surface area contributed by atoms with Gasteiger partial charge in [-0.3, -0.25) is 19.0 Å². The van der Waals surface area contributed by atoms with Crippen molar-refractivity contribution in [3.05, 3.63) is 39.0 Å². The van der Waals surface area contributed by atoms with Crippen molar-refractivity contribution in [3.8, 4) is 5.75 Å². The van der Waals surface area contributed by atoms with Crippen LogP contribution in [-0.4, -0.2) is 64.0 Å². The maximum absolute atomic E-state index is 13.1. The van der Waals surface area contributed by atoms with E-state index in [9.17, 15) is 19.2 Å². The van der Waals surface area contributed by atoms with E-state index >= 15 is 0 Å². The smallest absolute Gasteiger partial charge is 0.328 e. The first kappa shape index (κ1) is 23.6. The minimum Gasteiger partial charge on any atom is -0.494 e. The first-order valence-electron chi connectivity index (χ1n) is 12.9. The molecule has 1 N–H and O–H groups in total. The second-order valence-corrected chi connectivity index (χ2v) is 10.1. The summed E-state index contributed by atoms with van der Waals surface area (Å²) in [6, 6.07) is 5.13. The standard InChI is InChI=1S/C26H34N4O5/c1-2-35-20-9-10-22-21(15-20)25(33)30(26(34)27-22)16-17-3-5-18(6-4-17)23(31)28-11-13-29(14-12-28)24(32)19-7-8-19/h9-10,15,17-19H,2-8,11-14,16H2,1H3,(H,27,34). The van der Waals surface area contributed by atoms with E-state index < -0.39 is 5.69 Å². The summed E-state index contributed by atoms with van der Waals surface area (Å²) in [5, 5.41) is 0.443. The third-order valence-corrected chi connectivity index (χ3v) is 7.73. The van der Waals surface area contributed by atoms with Gasteiger partial charge in [-0.15, -0.1) is 0 Å². The summed E-state index contributed by atoms with van der Waals surface area (Å²) in [6.45, 7) is 5.23. The molecule has 1 aromatic heterocycles. The number of carbonyl (C=O) groups is 2. The van der Waals surface area contributed by atoms with Crippen molar-refractivity contribution in [2.75, 3.05) is 32.8 Å². The molecule has 2 aromatic rings. The highest BCUT2D eigenvalue weighted by Gasteiger charge is 2.36. The Bertz CT molecular complexity index is 1210. The van der Waals surface area contributed by atoms with Gasteiger partial charge in [-0.2, -0.15) is 0 Å². The Hall–Kier alpha value is -3.10. The molecule has 0 atom stereocenters. The number of piperazine rings is 1. The van der Waals surface area contributed by atoms with Gasteiger partial charge in [-0.1, -0.05) is 0 Å². The SMILES string of the molecule is CCOc1ccc2[nH]c(=O)n(CC3CCC(C(=O)N4CCN(C(=O)C5CC5)CC4)CC3)c(=O)c2c1. The molecule has 35 heavy (non-hydrogen) atoms. The zero-order chi connectivity index (χ0) is 24.5. The van der Waals surface area contributed by atoms with Crippen LogP contribution in [-0.2, 0) is 16.1 Å². The van der Waals surface area contributed by atoms with Gasteiger partial charge in [0.05, 0.1) is 17.5 Å². The summed E-state index contributed by atoms with van der Waals surface area (Å²) < 4.78 is 6.80. The molecule has 188 valence electrons. The Morgan fingerprint density at radius 3 is 2.03 bits per heavy atom. The zero-order valence-corrected chi connectivity index (χ0v) is 20.3. The second-order valence-electron chi connectivity index (χ2n) is 10.1. The molecule has 2 aliphatic carbocycles. The summed E-state index contributed by atoms with van der Waals surface area (Å²) in [4.78, 5) is 57.7. The number of nitrogens with one attached hydrogen (secondary N) is 1. The fourth-order valence-corrected chi connectivity index (χ4v) is 5.50. The van der Waals surface area contributed by atoms with Crippen LogP contribution in [0.2, 0.25) is 0 Å². The average molecular weight is 483 g/mol. The van der Waals surface area contributed by atoms with Gasteiger partial charge < -0.3 is 19.5 Å². The predicted octanol–water partition coefficient (Wildman–Crippen LogP) is 1.98. The van der Waals surface area contributed by atoms with E-state index in [2.05, 4.69) is 4.98 Å². The Morgan fingerprint density at radius 1 is 0.914 bits per heavy atom. The Morgan fingerprint density at radius 2 is 1.49 bits per heavy atom. The van der Waals surface area contributed by atoms with Crippen molar-refractivity contribution in [2.24, 2.45) is 17.8 Å². The minimum absolute atomic E-state index is 0.0164. The molecule has 0 spiro atoms. The normalized spacial score (nSPS) is 22.9. The minimum atomic E-state index is -0.400. The average Bonchev–Trinajstić information content (AvgIpc) is 3.72. The molecule has 0 radical (unpaired) electrons. The number of fused-ring (bicyclic) bond motifs is 1. The van der Waals surface area contributed by atoms with Crippen LogP contribution in [0.1, 0.15) is 45.4 Å². The lowest BCUT2D eigenvalue weighted by Crippen LogP contribution is -2.52. The zero-order valence-electron chi connectivity index (χ0n) is 20.3. The van der Waals surface area contributed by atoms with Gasteiger partial charge in [0.15, 0.2) is 0 Å². The highest BCUT2D eigenvalue weighted by atomic mass is 16.5. The first-order chi connectivity index (χ1) is 16.9. The molecule has 1 aliphatic heterocycles. The Balaban J connectivity index is 1.18. The van der Waals surface area contributed by atoms with E-state index in [1.165, 1.54) is 4.57 Å². The van der Waals surface area contributed by atoms with Crippen LogP contribution >= 0.6 is 0 Å². The van der Waals surface area contributed by atoms with Gasteiger partial charge in [0.25, 0.3) is 5.56 Å². The maximum Gasteiger partial charge on any atom is 0.328 e. The lowest BCUT2D eigenvalue weighted by molar-refractivity contribution is -0.143. The van der Waals surface area contributed by atoms with Crippen LogP contribution in [0.3, 0.4) is 0 Å². The molecular formula is C26H34N4O5. The maximum atomic E-state index is 13.1. The molecule has 1 saturated heterocycles. The number of aromatic amines is 1. The highest BCUT2D eigenvalue weighted by molar-refractivity contribution is 5.82. The molecule has 2 saturated carbocycles. The van der Waals surface area contributed by atoms with E-state index in [-0.39, 0.29) is 35.1 Å². The van der Waals surface area contributed by atoms with Crippen LogP contribution in [0.5, 0.6) is 5.75 Å². The van der Waals surface area contributed by atoms with Crippen molar-refractivity contribution in [2.45, 2.75) is 52.0 Å². The highest BCUT2D eigenvalue weighted by Crippen LogP contribution is 2.33. The van der Waals surface area contributed by atoms with Crippen LogP contribution in [0, 0.1) is 17.8 Å². The number of H-pyrrole nitrogens is 1. The number of hydrogen-bond donors (Lipinski definition) is 1. The summed E-state index contributed by atoms with van der Waals surface area (Å²) in [5.74, 6) is 1.43. The second kappa shape index (κ2) is 9.87. The molecule has 3 aliphatic rings. The molecule has 9 nitrogen and oxygen atoms in total. The first-order valence-corrected chi connectivity index (χ1v) is 12.9. The van der Waals surface area contributed by atoms with E-state index in [1.54, 1.807) is 18.2 Å². The van der Waals surface area contributed by atoms with Crippen LogP contribution in [0.4, 0.5) is 0 Å². The molecule has 1 aromatic carbocycles.